The van der Waals surface area contributed by atoms with E-state index in [9.17, 15) is 4.79 Å². The second-order valence-electron chi connectivity index (χ2n) is 2.94. The molecule has 2 N–H and O–H groups in total. The van der Waals surface area contributed by atoms with Gasteiger partial charge in [0.2, 0.25) is 5.91 Å². The molecule has 0 aromatic heterocycles. The third-order valence-electron chi connectivity index (χ3n) is 1.35. The van der Waals surface area contributed by atoms with E-state index in [4.69, 9.17) is 0 Å². The molecule has 4 nitrogen and oxygen atoms in total. The largest absolute Gasteiger partial charge is 0.315 e. The molecule has 4 heteroatoms. The molecule has 0 aromatic rings. The molecule has 1 amide bonds. The zero-order valence-corrected chi connectivity index (χ0v) is 8.02. The van der Waals surface area contributed by atoms with Gasteiger partial charge in [0.05, 0.1) is 7.11 Å². The van der Waals surface area contributed by atoms with Gasteiger partial charge in [0.15, 0.2) is 0 Å². The van der Waals surface area contributed by atoms with E-state index in [0.29, 0.717) is 12.5 Å². The normalized spacial score (nSPS) is 10.3. The highest BCUT2D eigenvalue weighted by atomic mass is 16.6. The lowest BCUT2D eigenvalue weighted by Crippen LogP contribution is -2.26. The molecule has 0 spiro atoms. The van der Waals surface area contributed by atoms with Gasteiger partial charge in [-0.1, -0.05) is 13.8 Å². The van der Waals surface area contributed by atoms with E-state index in [1.807, 2.05) is 0 Å². The van der Waals surface area contributed by atoms with Crippen molar-refractivity contribution in [2.24, 2.45) is 0 Å². The quantitative estimate of drug-likeness (QED) is 0.454. The van der Waals surface area contributed by atoms with Crippen LogP contribution in [0.3, 0.4) is 0 Å². The van der Waals surface area contributed by atoms with Crippen molar-refractivity contribution in [1.82, 2.24) is 10.8 Å². The Morgan fingerprint density at radius 1 is 1.50 bits per heavy atom. The molecule has 0 aromatic carbocycles. The standard InChI is InChI=1S/C8H18N2O2/c1-7(2)9-6-4-5-8(11)10-12-3/h7,9H,4-6H2,1-3H3,(H,10,11). The van der Waals surface area contributed by atoms with Crippen molar-refractivity contribution in [3.05, 3.63) is 0 Å². The van der Waals surface area contributed by atoms with Gasteiger partial charge in [0.1, 0.15) is 0 Å². The summed E-state index contributed by atoms with van der Waals surface area (Å²) in [6, 6.07) is 0.482. The summed E-state index contributed by atoms with van der Waals surface area (Å²) < 4.78 is 0. The predicted octanol–water partition coefficient (Wildman–Crippen LogP) is 0.442. The van der Waals surface area contributed by atoms with Gasteiger partial charge in [-0.3, -0.25) is 9.63 Å². The Morgan fingerprint density at radius 2 is 2.17 bits per heavy atom. The number of carbonyl (C=O) groups is 1. The van der Waals surface area contributed by atoms with E-state index in [1.165, 1.54) is 7.11 Å². The third kappa shape index (κ3) is 7.50. The van der Waals surface area contributed by atoms with Crippen molar-refractivity contribution in [2.75, 3.05) is 13.7 Å². The average Bonchev–Trinajstić information content (AvgIpc) is 1.98. The van der Waals surface area contributed by atoms with Crippen molar-refractivity contribution >= 4 is 5.91 Å². The van der Waals surface area contributed by atoms with Gasteiger partial charge in [0, 0.05) is 12.5 Å². The number of amides is 1. The minimum absolute atomic E-state index is 0.0666. The van der Waals surface area contributed by atoms with Crippen LogP contribution in [-0.4, -0.2) is 25.6 Å². The average molecular weight is 174 g/mol. The molecule has 0 saturated carbocycles. The fourth-order valence-electron chi connectivity index (χ4n) is 0.805. The van der Waals surface area contributed by atoms with Crippen molar-refractivity contribution in [2.45, 2.75) is 32.7 Å². The van der Waals surface area contributed by atoms with Crippen LogP contribution >= 0.6 is 0 Å². The lowest BCUT2D eigenvalue weighted by molar-refractivity contribution is -0.131. The van der Waals surface area contributed by atoms with Crippen LogP contribution < -0.4 is 10.8 Å². The highest BCUT2D eigenvalue weighted by Crippen LogP contribution is 1.87. The van der Waals surface area contributed by atoms with Crippen molar-refractivity contribution in [3.63, 3.8) is 0 Å². The summed E-state index contributed by atoms with van der Waals surface area (Å²) in [6.45, 7) is 5.03. The maximum atomic E-state index is 10.8. The Balaban J connectivity index is 3.14. The van der Waals surface area contributed by atoms with Crippen molar-refractivity contribution < 1.29 is 9.63 Å². The van der Waals surface area contributed by atoms with E-state index < -0.39 is 0 Å². The first kappa shape index (κ1) is 11.4. The number of rotatable bonds is 6. The summed E-state index contributed by atoms with van der Waals surface area (Å²) in [7, 11) is 1.43. The van der Waals surface area contributed by atoms with E-state index in [1.54, 1.807) is 0 Å². The molecule has 12 heavy (non-hydrogen) atoms. The molecule has 0 aliphatic heterocycles. The summed E-state index contributed by atoms with van der Waals surface area (Å²) in [5, 5.41) is 3.22. The van der Waals surface area contributed by atoms with Gasteiger partial charge < -0.3 is 5.32 Å². The van der Waals surface area contributed by atoms with Gasteiger partial charge in [0.25, 0.3) is 0 Å². The fraction of sp³-hybridized carbons (Fsp3) is 0.875. The van der Waals surface area contributed by atoms with Gasteiger partial charge in [-0.05, 0) is 13.0 Å². The Hall–Kier alpha value is -0.610. The topological polar surface area (TPSA) is 50.4 Å². The number of nitrogens with one attached hydrogen (secondary N) is 2. The molecule has 72 valence electrons. The van der Waals surface area contributed by atoms with Crippen LogP contribution in [0.2, 0.25) is 0 Å². The highest BCUT2D eigenvalue weighted by Gasteiger charge is 1.99. The first-order valence-electron chi connectivity index (χ1n) is 4.22. The first-order chi connectivity index (χ1) is 5.66. The minimum atomic E-state index is -0.0666. The lowest BCUT2D eigenvalue weighted by atomic mass is 10.3. The molecule has 0 heterocycles. The molecular formula is C8H18N2O2. The maximum Gasteiger partial charge on any atom is 0.243 e. The predicted molar refractivity (Wildman–Crippen MR) is 47.5 cm³/mol. The number of hydroxylamine groups is 1. The van der Waals surface area contributed by atoms with Gasteiger partial charge in [-0.25, -0.2) is 5.48 Å². The molecule has 0 aliphatic rings. The number of carbonyl (C=O) groups excluding carboxylic acids is 1. The molecule has 0 aliphatic carbocycles. The second kappa shape index (κ2) is 7.06. The smallest absolute Gasteiger partial charge is 0.243 e. The van der Waals surface area contributed by atoms with Crippen LogP contribution in [0.15, 0.2) is 0 Å². The Kier molecular flexibility index (Phi) is 6.70. The fourth-order valence-corrected chi connectivity index (χ4v) is 0.805. The monoisotopic (exact) mass is 174 g/mol. The van der Waals surface area contributed by atoms with E-state index in [-0.39, 0.29) is 5.91 Å². The molecule has 0 fully saturated rings. The van der Waals surface area contributed by atoms with Crippen LogP contribution in [0.25, 0.3) is 0 Å². The third-order valence-corrected chi connectivity index (χ3v) is 1.35. The Morgan fingerprint density at radius 3 is 2.67 bits per heavy atom. The molecule has 0 rings (SSSR count). The second-order valence-corrected chi connectivity index (χ2v) is 2.94. The zero-order valence-electron chi connectivity index (χ0n) is 8.02. The molecule has 0 atom stereocenters. The van der Waals surface area contributed by atoms with Gasteiger partial charge in [-0.15, -0.1) is 0 Å². The van der Waals surface area contributed by atoms with Gasteiger partial charge >= 0.3 is 0 Å². The summed E-state index contributed by atoms with van der Waals surface area (Å²) in [5.41, 5.74) is 2.27. The van der Waals surface area contributed by atoms with Crippen LogP contribution in [0.4, 0.5) is 0 Å². The highest BCUT2D eigenvalue weighted by molar-refractivity contribution is 5.74. The SMILES string of the molecule is CONC(=O)CCCNC(C)C. The molecule has 0 bridgehead atoms. The Bertz CT molecular complexity index is 126. The summed E-state index contributed by atoms with van der Waals surface area (Å²) in [5.74, 6) is -0.0666. The first-order valence-corrected chi connectivity index (χ1v) is 4.22. The number of hydrogen-bond donors (Lipinski definition) is 2. The minimum Gasteiger partial charge on any atom is -0.315 e. The van der Waals surface area contributed by atoms with E-state index >= 15 is 0 Å². The number of hydrogen-bond acceptors (Lipinski definition) is 3. The molecule has 0 saturated heterocycles. The van der Waals surface area contributed by atoms with Crippen LogP contribution in [0.1, 0.15) is 26.7 Å². The molecule has 0 radical (unpaired) electrons. The van der Waals surface area contributed by atoms with Crippen molar-refractivity contribution in [3.8, 4) is 0 Å². The van der Waals surface area contributed by atoms with Gasteiger partial charge in [-0.2, -0.15) is 0 Å². The zero-order chi connectivity index (χ0) is 9.40. The van der Waals surface area contributed by atoms with Crippen LogP contribution in [0.5, 0.6) is 0 Å². The summed E-state index contributed by atoms with van der Waals surface area (Å²) in [4.78, 5) is 15.3. The van der Waals surface area contributed by atoms with E-state index in [2.05, 4.69) is 29.5 Å². The molecule has 0 unspecified atom stereocenters. The lowest BCUT2D eigenvalue weighted by Gasteiger charge is -2.06. The summed E-state index contributed by atoms with van der Waals surface area (Å²) in [6.07, 6.45) is 1.35. The van der Waals surface area contributed by atoms with Crippen molar-refractivity contribution in [1.29, 1.82) is 0 Å². The van der Waals surface area contributed by atoms with Crippen LogP contribution in [-0.2, 0) is 9.63 Å². The Labute approximate surface area is 73.6 Å². The van der Waals surface area contributed by atoms with E-state index in [0.717, 1.165) is 13.0 Å². The summed E-state index contributed by atoms with van der Waals surface area (Å²) >= 11 is 0. The molecular weight excluding hydrogens is 156 g/mol. The van der Waals surface area contributed by atoms with Crippen LogP contribution in [0, 0.1) is 0 Å². The maximum absolute atomic E-state index is 10.8.